The lowest BCUT2D eigenvalue weighted by Crippen LogP contribution is -2.77. The van der Waals surface area contributed by atoms with Crippen molar-refractivity contribution in [1.82, 2.24) is 0 Å². The van der Waals surface area contributed by atoms with Crippen molar-refractivity contribution < 1.29 is 105 Å². The summed E-state index contributed by atoms with van der Waals surface area (Å²) in [6.45, 7) is 0. The van der Waals surface area contributed by atoms with Crippen molar-refractivity contribution in [2.45, 2.75) is 49.4 Å². The van der Waals surface area contributed by atoms with Gasteiger partial charge in [0.1, 0.15) is 6.15 Å². The molecule has 0 N–H and O–H groups in total. The Bertz CT molecular complexity index is 1820. The topological polar surface area (TPSA) is 0 Å². The SMILES string of the molecule is FC(F)(F)c1cc([B-](c2cc(C(F)(F)F)cc(C(F)(F)F)c2)(c2cc(C(F)(F)F)cc(C(F)(F)F)c2)c2c(C(F)(F)F)cccc2C(F)(F)F)cc(C(F)(F)F)c1. The van der Waals surface area contributed by atoms with Gasteiger partial charge in [0.25, 0.3) is 0 Å². The highest BCUT2D eigenvalue weighted by Gasteiger charge is 2.50. The van der Waals surface area contributed by atoms with Crippen LogP contribution in [0.25, 0.3) is 0 Å². The molecule has 25 heteroatoms. The molecular weight excluding hydrogens is 851 g/mol. The zero-order chi connectivity index (χ0) is 43.9. The van der Waals surface area contributed by atoms with Gasteiger partial charge in [0.2, 0.25) is 0 Å². The highest BCUT2D eigenvalue weighted by Crippen LogP contribution is 2.42. The Hall–Kier alpha value is -4.74. The maximum atomic E-state index is 14.9. The molecule has 0 nitrogen and oxygen atoms in total. The molecule has 0 saturated carbocycles. The highest BCUT2D eigenvalue weighted by molar-refractivity contribution is 7.20. The van der Waals surface area contributed by atoms with Crippen LogP contribution in [0.1, 0.15) is 44.5 Å². The van der Waals surface area contributed by atoms with Crippen LogP contribution in [-0.4, -0.2) is 6.15 Å². The first-order valence-electron chi connectivity index (χ1n) is 14.6. The Labute approximate surface area is 300 Å². The van der Waals surface area contributed by atoms with E-state index in [2.05, 4.69) is 0 Å². The quantitative estimate of drug-likeness (QED) is 0.142. The first kappa shape index (κ1) is 45.0. The standard InChI is InChI=1S/C32H12BF24/c34-25(35,36)13-4-14(26(37,38)39)8-19(7-13)33(20-9-15(27(40,41)42)5-16(10-20)28(43,44)45,21-11-17(29(46,47)48)6-18(12-21)30(49,50)51)24-22(31(52,53)54)2-1-3-23(24)32(55,56)57/h1-12H/q-1. The molecule has 57 heavy (non-hydrogen) atoms. The van der Waals surface area contributed by atoms with Gasteiger partial charge in [-0.3, -0.25) is 0 Å². The molecule has 312 valence electrons. The van der Waals surface area contributed by atoms with E-state index in [1.54, 1.807) is 0 Å². The first-order valence-corrected chi connectivity index (χ1v) is 14.6. The molecule has 0 aliphatic rings. The van der Waals surface area contributed by atoms with E-state index in [0.717, 1.165) is 0 Å². The molecule has 0 aromatic heterocycles. The highest BCUT2D eigenvalue weighted by atomic mass is 19.4. The summed E-state index contributed by atoms with van der Waals surface area (Å²) in [4.78, 5) is 0. The normalized spacial score (nSPS) is 14.3. The van der Waals surface area contributed by atoms with E-state index in [-0.39, 0.29) is 6.07 Å². The van der Waals surface area contributed by atoms with Gasteiger partial charge in [0.05, 0.1) is 33.4 Å². The van der Waals surface area contributed by atoms with Crippen LogP contribution in [0.5, 0.6) is 0 Å². The van der Waals surface area contributed by atoms with Gasteiger partial charge in [-0.25, -0.2) is 0 Å². The molecule has 0 spiro atoms. The van der Waals surface area contributed by atoms with Crippen LogP contribution in [0.15, 0.2) is 72.8 Å². The van der Waals surface area contributed by atoms with Crippen LogP contribution >= 0.6 is 0 Å². The van der Waals surface area contributed by atoms with Crippen molar-refractivity contribution >= 4 is 28.0 Å². The summed E-state index contributed by atoms with van der Waals surface area (Å²) in [7, 11) is 0. The number of hydrogen-bond acceptors (Lipinski definition) is 0. The summed E-state index contributed by atoms with van der Waals surface area (Å²) < 4.78 is 345. The van der Waals surface area contributed by atoms with E-state index < -0.39 is 189 Å². The first-order chi connectivity index (χ1) is 25.3. The van der Waals surface area contributed by atoms with E-state index in [9.17, 15) is 105 Å². The van der Waals surface area contributed by atoms with Crippen molar-refractivity contribution in [3.8, 4) is 0 Å². The Kier molecular flexibility index (Phi) is 10.8. The molecule has 0 radical (unpaired) electrons. The summed E-state index contributed by atoms with van der Waals surface area (Å²) in [6, 6.07) is -8.91. The van der Waals surface area contributed by atoms with Crippen LogP contribution in [0.3, 0.4) is 0 Å². The van der Waals surface area contributed by atoms with E-state index in [0.29, 0.717) is 0 Å². The fraction of sp³-hybridized carbons (Fsp3) is 0.250. The van der Waals surface area contributed by atoms with E-state index in [4.69, 9.17) is 0 Å². The van der Waals surface area contributed by atoms with Crippen molar-refractivity contribution in [3.63, 3.8) is 0 Å². The Morgan fingerprint density at radius 3 is 0.614 bits per heavy atom. The Balaban J connectivity index is 2.69. The minimum absolute atomic E-state index is 0.177. The van der Waals surface area contributed by atoms with Crippen LogP contribution < -0.4 is 21.9 Å². The predicted molar refractivity (Wildman–Crippen MR) is 150 cm³/mol. The predicted octanol–water partition coefficient (Wildman–Crippen LogP) is 11.2. The number of hydrogen-bond donors (Lipinski definition) is 0. The van der Waals surface area contributed by atoms with E-state index in [1.807, 2.05) is 0 Å². The van der Waals surface area contributed by atoms with Gasteiger partial charge in [0, 0.05) is 11.1 Å². The molecule has 0 heterocycles. The molecule has 4 aromatic rings. The third-order valence-corrected chi connectivity index (χ3v) is 8.48. The van der Waals surface area contributed by atoms with Gasteiger partial charge in [-0.2, -0.15) is 127 Å². The average Bonchev–Trinajstić information content (AvgIpc) is 3.01. The Morgan fingerprint density at radius 2 is 0.456 bits per heavy atom. The molecule has 0 fully saturated rings. The molecule has 0 atom stereocenters. The summed E-state index contributed by atoms with van der Waals surface area (Å²) in [5.74, 6) is 0. The minimum Gasteiger partial charge on any atom is -0.194 e. The second-order valence-corrected chi connectivity index (χ2v) is 12.1. The molecule has 4 aromatic carbocycles. The summed E-state index contributed by atoms with van der Waals surface area (Å²) >= 11 is 0. The van der Waals surface area contributed by atoms with Crippen LogP contribution in [-0.2, 0) is 49.4 Å². The van der Waals surface area contributed by atoms with Crippen molar-refractivity contribution in [3.05, 3.63) is 117 Å². The van der Waals surface area contributed by atoms with Crippen molar-refractivity contribution in [1.29, 1.82) is 0 Å². The molecule has 0 amide bonds. The number of rotatable bonds is 4. The van der Waals surface area contributed by atoms with Gasteiger partial charge in [-0.1, -0.05) is 54.6 Å². The Morgan fingerprint density at radius 1 is 0.263 bits per heavy atom. The lowest BCUT2D eigenvalue weighted by atomic mass is 9.12. The smallest absolute Gasteiger partial charge is 0.194 e. The fourth-order valence-electron chi connectivity index (χ4n) is 6.29. The van der Waals surface area contributed by atoms with Gasteiger partial charge in [-0.05, 0) is 18.2 Å². The minimum atomic E-state index is -6.46. The number of benzene rings is 4. The number of halogens is 24. The maximum Gasteiger partial charge on any atom is 0.416 e. The zero-order valence-corrected chi connectivity index (χ0v) is 26.6. The molecular formula is C32H12BF24-. The van der Waals surface area contributed by atoms with Gasteiger partial charge < -0.3 is 0 Å². The van der Waals surface area contributed by atoms with Gasteiger partial charge >= 0.3 is 49.4 Å². The second-order valence-electron chi connectivity index (χ2n) is 12.1. The second kappa shape index (κ2) is 13.7. The van der Waals surface area contributed by atoms with Gasteiger partial charge in [-0.15, -0.1) is 0 Å². The van der Waals surface area contributed by atoms with Crippen molar-refractivity contribution in [2.24, 2.45) is 0 Å². The third-order valence-electron chi connectivity index (χ3n) is 8.48. The van der Waals surface area contributed by atoms with Gasteiger partial charge in [0.15, 0.2) is 0 Å². The molecule has 4 rings (SSSR count). The van der Waals surface area contributed by atoms with E-state index >= 15 is 0 Å². The third kappa shape index (κ3) is 9.05. The van der Waals surface area contributed by atoms with Crippen LogP contribution in [0, 0.1) is 0 Å². The molecule has 0 bridgehead atoms. The lowest BCUT2D eigenvalue weighted by Gasteiger charge is -2.48. The molecule has 0 saturated heterocycles. The summed E-state index contributed by atoms with van der Waals surface area (Å²) in [5, 5.41) is 0. The summed E-state index contributed by atoms with van der Waals surface area (Å²) in [6.07, 6.45) is -56.5. The van der Waals surface area contributed by atoms with E-state index in [1.165, 1.54) is 0 Å². The summed E-state index contributed by atoms with van der Waals surface area (Å²) in [5.41, 5.74) is -33.0. The molecule has 0 aliphatic carbocycles. The average molecular weight is 863 g/mol. The van der Waals surface area contributed by atoms with Crippen LogP contribution in [0.4, 0.5) is 105 Å². The largest absolute Gasteiger partial charge is 0.416 e. The fourth-order valence-corrected chi connectivity index (χ4v) is 6.29. The maximum absolute atomic E-state index is 14.9. The molecule has 0 unspecified atom stereocenters. The number of alkyl halides is 24. The lowest BCUT2D eigenvalue weighted by molar-refractivity contribution is -0.144. The monoisotopic (exact) mass is 863 g/mol. The van der Waals surface area contributed by atoms with Crippen LogP contribution in [0.2, 0.25) is 0 Å². The zero-order valence-electron chi connectivity index (χ0n) is 26.6. The molecule has 0 aliphatic heterocycles. The van der Waals surface area contributed by atoms with Crippen molar-refractivity contribution in [2.75, 3.05) is 0 Å².